The van der Waals surface area contributed by atoms with Gasteiger partial charge in [0.25, 0.3) is 5.56 Å². The third-order valence-corrected chi connectivity index (χ3v) is 8.75. The lowest BCUT2D eigenvalue weighted by Gasteiger charge is -2.62. The van der Waals surface area contributed by atoms with Gasteiger partial charge in [-0.1, -0.05) is 17.4 Å². The number of aliphatic hydroxyl groups is 1. The summed E-state index contributed by atoms with van der Waals surface area (Å²) in [6, 6.07) is 0.212. The van der Waals surface area contributed by atoms with Crippen molar-refractivity contribution in [2.24, 2.45) is 5.92 Å². The first-order valence-corrected chi connectivity index (χ1v) is 13.5. The Labute approximate surface area is 227 Å². The Balaban J connectivity index is 1.86. The van der Waals surface area contributed by atoms with Gasteiger partial charge < -0.3 is 10.4 Å². The van der Waals surface area contributed by atoms with Crippen molar-refractivity contribution in [3.63, 3.8) is 0 Å². The standard InChI is InChI=1S/C20H21B6F2N5O4S/c1-9-12(3-4-13(9)34)33-14-10(5-11(15(33)35)19(25,27)28)6-29-16(30-14)31-20(26)17(21,22)7-32(38(2,36)37)8-18(20,23)24/h5-6,9,12-13,34H,3-4,7-8H2,1-2H3,(H,29,30,31)/t9-,12-,13-/m0/s1. The van der Waals surface area contributed by atoms with Crippen LogP contribution in [0.3, 0.4) is 0 Å². The Bertz CT molecular complexity index is 1420. The van der Waals surface area contributed by atoms with E-state index >= 15 is 0 Å². The number of aliphatic hydroxyl groups excluding tert-OH is 1. The van der Waals surface area contributed by atoms with E-state index in [1.165, 1.54) is 0 Å². The number of nitrogens with one attached hydrogen (secondary N) is 1. The maximum absolute atomic E-state index is 14.2. The molecular formula is C20H21B6F2N5O4S. The van der Waals surface area contributed by atoms with Gasteiger partial charge in [0.1, 0.15) is 13.5 Å². The molecule has 3 heterocycles. The topological polar surface area (TPSA) is 117 Å². The minimum atomic E-state index is -3.95. The van der Waals surface area contributed by atoms with Crippen LogP contribution < -0.4 is 10.9 Å². The highest BCUT2D eigenvalue weighted by atomic mass is 32.2. The summed E-state index contributed by atoms with van der Waals surface area (Å²) in [6.07, 6.45) is 1.98. The Kier molecular flexibility index (Phi) is 7.01. The van der Waals surface area contributed by atoms with E-state index < -0.39 is 74.0 Å². The highest BCUT2D eigenvalue weighted by Gasteiger charge is 2.55. The van der Waals surface area contributed by atoms with Gasteiger partial charge in [-0.2, -0.15) is 4.98 Å². The molecule has 1 aliphatic carbocycles. The Morgan fingerprint density at radius 3 is 2.21 bits per heavy atom. The summed E-state index contributed by atoms with van der Waals surface area (Å²) in [7, 11) is 32.6. The fourth-order valence-electron chi connectivity index (χ4n) is 5.18. The number of hydrogen-bond donors (Lipinski definition) is 2. The second kappa shape index (κ2) is 9.12. The fraction of sp³-hybridized carbons (Fsp3) is 0.650. The van der Waals surface area contributed by atoms with Crippen molar-refractivity contribution in [3.05, 3.63) is 28.2 Å². The number of fused-ring (bicyclic) bond motifs is 1. The summed E-state index contributed by atoms with van der Waals surface area (Å²) in [4.78, 5) is 21.7. The van der Waals surface area contributed by atoms with Crippen molar-refractivity contribution in [1.82, 2.24) is 18.8 Å². The molecule has 2 aromatic rings. The second-order valence-electron chi connectivity index (χ2n) is 10.4. The molecule has 3 atom stereocenters. The Morgan fingerprint density at radius 2 is 1.74 bits per heavy atom. The van der Waals surface area contributed by atoms with Gasteiger partial charge in [0, 0.05) is 36.6 Å². The van der Waals surface area contributed by atoms with Gasteiger partial charge in [-0.3, -0.25) is 9.36 Å². The molecule has 188 valence electrons. The Hall–Kier alpha value is -1.79. The molecule has 0 unspecified atom stereocenters. The van der Waals surface area contributed by atoms with E-state index in [1.807, 2.05) is 0 Å². The average Bonchev–Trinajstić information content (AvgIpc) is 3.08. The number of pyridine rings is 1. The number of aromatic nitrogens is 3. The zero-order valence-corrected chi connectivity index (χ0v) is 21.6. The maximum atomic E-state index is 14.2. The van der Waals surface area contributed by atoms with Gasteiger partial charge in [0.05, 0.1) is 49.3 Å². The molecule has 0 aromatic carbocycles. The van der Waals surface area contributed by atoms with Crippen molar-refractivity contribution >= 4 is 74.1 Å². The van der Waals surface area contributed by atoms with Gasteiger partial charge in [-0.15, -0.1) is 0 Å². The molecule has 2 aliphatic rings. The minimum absolute atomic E-state index is 0.0529. The molecule has 18 heteroatoms. The van der Waals surface area contributed by atoms with Crippen molar-refractivity contribution in [2.45, 2.75) is 53.6 Å². The van der Waals surface area contributed by atoms with Crippen LogP contribution in [-0.2, 0) is 15.8 Å². The predicted octanol–water partition coefficient (Wildman–Crippen LogP) is -1.20. The molecule has 0 bridgehead atoms. The lowest BCUT2D eigenvalue weighted by atomic mass is 9.25. The number of alkyl halides is 2. The van der Waals surface area contributed by atoms with Crippen molar-refractivity contribution in [2.75, 3.05) is 24.7 Å². The molecule has 38 heavy (non-hydrogen) atoms. The summed E-state index contributed by atoms with van der Waals surface area (Å²) in [5.74, 6) is -4.68. The van der Waals surface area contributed by atoms with E-state index in [0.29, 0.717) is 12.8 Å². The van der Waals surface area contributed by atoms with Crippen LogP contribution in [-0.4, -0.2) is 110 Å². The summed E-state index contributed by atoms with van der Waals surface area (Å²) in [5.41, 5.74) is -4.19. The summed E-state index contributed by atoms with van der Waals surface area (Å²) >= 11 is 0. The van der Waals surface area contributed by atoms with E-state index in [0.717, 1.165) is 27.4 Å². The number of piperidine rings is 1. The highest BCUT2D eigenvalue weighted by Crippen LogP contribution is 2.51. The molecule has 2 N–H and O–H groups in total. The number of sulfonamides is 1. The third-order valence-electron chi connectivity index (χ3n) is 7.56. The quantitative estimate of drug-likeness (QED) is 0.467. The SMILES string of the molecule is [B]C(F)(F)c1cc2cnc(NC3([B])C([B])([B])CN(S(C)(=O)=O)CC3([B])[B])nc2n([C@H]2CC[C@H](O)[C@H]2C)c1=O. The molecule has 0 spiro atoms. The van der Waals surface area contributed by atoms with E-state index in [4.69, 9.17) is 47.1 Å². The van der Waals surface area contributed by atoms with Crippen LogP contribution in [0.5, 0.6) is 0 Å². The average molecular weight is 530 g/mol. The lowest BCUT2D eigenvalue weighted by molar-refractivity contribution is 0.0913. The number of anilines is 1. The molecule has 12 radical (unpaired) electrons. The lowest BCUT2D eigenvalue weighted by Crippen LogP contribution is -2.69. The van der Waals surface area contributed by atoms with Crippen LogP contribution in [0, 0.1) is 5.92 Å². The van der Waals surface area contributed by atoms with E-state index in [2.05, 4.69) is 15.3 Å². The van der Waals surface area contributed by atoms with Gasteiger partial charge in [-0.05, 0) is 24.3 Å². The van der Waals surface area contributed by atoms with Crippen LogP contribution in [0.2, 0.25) is 10.4 Å². The third kappa shape index (κ3) is 4.74. The molecule has 2 fully saturated rings. The first-order chi connectivity index (χ1) is 17.2. The molecule has 9 nitrogen and oxygen atoms in total. The van der Waals surface area contributed by atoms with Crippen LogP contribution in [0.1, 0.15) is 31.4 Å². The number of nitrogens with zero attached hydrogens (tertiary/aromatic N) is 4. The van der Waals surface area contributed by atoms with Gasteiger partial charge in [0.15, 0.2) is 7.85 Å². The van der Waals surface area contributed by atoms with E-state index in [9.17, 15) is 27.1 Å². The van der Waals surface area contributed by atoms with Gasteiger partial charge in [0.2, 0.25) is 21.8 Å². The molecule has 1 aliphatic heterocycles. The van der Waals surface area contributed by atoms with Gasteiger partial charge in [-0.25, -0.2) is 26.5 Å². The highest BCUT2D eigenvalue weighted by molar-refractivity contribution is 7.88. The number of hydrogen-bond acceptors (Lipinski definition) is 7. The van der Waals surface area contributed by atoms with Crippen LogP contribution >= 0.6 is 0 Å². The summed E-state index contributed by atoms with van der Waals surface area (Å²) in [6.45, 7) is 0.763. The maximum Gasteiger partial charge on any atom is 0.260 e. The molecule has 2 aromatic heterocycles. The molecule has 4 rings (SSSR count). The second-order valence-corrected chi connectivity index (χ2v) is 12.4. The molecule has 0 amide bonds. The predicted molar refractivity (Wildman–Crippen MR) is 144 cm³/mol. The van der Waals surface area contributed by atoms with Crippen molar-refractivity contribution < 1.29 is 22.3 Å². The number of rotatable bonds is 5. The number of halogens is 2. The smallest absolute Gasteiger partial charge is 0.260 e. The summed E-state index contributed by atoms with van der Waals surface area (Å²) < 4.78 is 54.5. The molecule has 1 saturated heterocycles. The largest absolute Gasteiger partial charge is 0.393 e. The van der Waals surface area contributed by atoms with Crippen molar-refractivity contribution in [1.29, 1.82) is 0 Å². The van der Waals surface area contributed by atoms with Crippen LogP contribution in [0.25, 0.3) is 11.0 Å². The normalized spacial score (nSPS) is 27.3. The monoisotopic (exact) mass is 531 g/mol. The van der Waals surface area contributed by atoms with Crippen molar-refractivity contribution in [3.8, 4) is 0 Å². The van der Waals surface area contributed by atoms with E-state index in [-0.39, 0.29) is 17.0 Å². The summed E-state index contributed by atoms with van der Waals surface area (Å²) in [5, 5.41) is 8.92. The first-order valence-electron chi connectivity index (χ1n) is 11.6. The van der Waals surface area contributed by atoms with Gasteiger partial charge >= 0.3 is 0 Å². The minimum Gasteiger partial charge on any atom is -0.393 e. The fourth-order valence-corrected chi connectivity index (χ4v) is 6.08. The molecular weight excluding hydrogens is 509 g/mol. The first kappa shape index (κ1) is 29.2. The zero-order valence-electron chi connectivity index (χ0n) is 20.8. The Morgan fingerprint density at radius 1 is 1.16 bits per heavy atom. The molecule has 1 saturated carbocycles. The van der Waals surface area contributed by atoms with E-state index in [1.54, 1.807) is 6.92 Å². The van der Waals surface area contributed by atoms with Crippen LogP contribution in [0.15, 0.2) is 17.1 Å². The van der Waals surface area contributed by atoms with Crippen LogP contribution in [0.4, 0.5) is 14.7 Å². The zero-order chi connectivity index (χ0) is 28.6.